The number of carbonyl (C=O) groups excluding carboxylic acids is 1. The fourth-order valence-electron chi connectivity index (χ4n) is 6.10. The van der Waals surface area contributed by atoms with Crippen molar-refractivity contribution in [3.05, 3.63) is 89.1 Å². The molecule has 1 atom stereocenters. The van der Waals surface area contributed by atoms with Crippen molar-refractivity contribution < 1.29 is 23.4 Å². The van der Waals surface area contributed by atoms with Crippen LogP contribution in [-0.4, -0.2) is 81.2 Å². The third-order valence-corrected chi connectivity index (χ3v) is 8.85. The first-order valence-electron chi connectivity index (χ1n) is 15.9. The summed E-state index contributed by atoms with van der Waals surface area (Å²) in [4.78, 5) is 27.1. The maximum Gasteiger partial charge on any atom is 0.337 e. The van der Waals surface area contributed by atoms with E-state index in [1.807, 2.05) is 49.6 Å². The number of imidazole rings is 1. The van der Waals surface area contributed by atoms with Gasteiger partial charge in [0.15, 0.2) is 0 Å². The lowest BCUT2D eigenvalue weighted by Gasteiger charge is -2.35. The van der Waals surface area contributed by atoms with Crippen LogP contribution in [0.2, 0.25) is 0 Å². The van der Waals surface area contributed by atoms with Gasteiger partial charge in [-0.3, -0.25) is 9.58 Å². The minimum Gasteiger partial charge on any atom is -0.473 e. The molecule has 0 saturated carbocycles. The Morgan fingerprint density at radius 3 is 2.62 bits per heavy atom. The molecule has 0 aliphatic carbocycles. The van der Waals surface area contributed by atoms with E-state index < -0.39 is 11.8 Å². The summed E-state index contributed by atoms with van der Waals surface area (Å²) in [6.45, 7) is 5.08. The standard InChI is InChI=1S/C35H35FN8O4/c1-41-10-8-29(40-41)27-17-25(35(45)46-2)18-30-34(27)39-32(44(30)20-26-9-15-47-26)21-42-11-13-43(14-12-42)31-4-3-5-33(38-31)48-22-24-7-6-23(19-37)16-28(24)36/h3-8,10,16-18,26H,9,11-15,20-22H2,1-2H3. The molecule has 2 saturated heterocycles. The average Bonchev–Trinajstić information content (AvgIpc) is 3.68. The number of fused-ring (bicyclic) bond motifs is 1. The smallest absolute Gasteiger partial charge is 0.337 e. The topological polar surface area (TPSA) is 124 Å². The van der Waals surface area contributed by atoms with Gasteiger partial charge in [0.1, 0.15) is 24.1 Å². The Bertz CT molecular complexity index is 2010. The first-order valence-corrected chi connectivity index (χ1v) is 15.9. The van der Waals surface area contributed by atoms with Gasteiger partial charge in [0.05, 0.1) is 60.2 Å². The number of esters is 1. The van der Waals surface area contributed by atoms with E-state index in [0.29, 0.717) is 30.1 Å². The van der Waals surface area contributed by atoms with Crippen LogP contribution in [0.3, 0.4) is 0 Å². The second-order valence-electron chi connectivity index (χ2n) is 12.0. The van der Waals surface area contributed by atoms with E-state index in [9.17, 15) is 9.18 Å². The van der Waals surface area contributed by atoms with Gasteiger partial charge in [-0.1, -0.05) is 12.1 Å². The van der Waals surface area contributed by atoms with Gasteiger partial charge in [-0.15, -0.1) is 0 Å². The maximum absolute atomic E-state index is 14.3. The monoisotopic (exact) mass is 650 g/mol. The number of ether oxygens (including phenoxy) is 3. The molecule has 1 unspecified atom stereocenters. The maximum atomic E-state index is 14.3. The highest BCUT2D eigenvalue weighted by atomic mass is 19.1. The van der Waals surface area contributed by atoms with Gasteiger partial charge in [-0.2, -0.15) is 15.3 Å². The summed E-state index contributed by atoms with van der Waals surface area (Å²) in [6, 6.07) is 17.4. The molecule has 0 radical (unpaired) electrons. The van der Waals surface area contributed by atoms with Crippen molar-refractivity contribution in [1.29, 1.82) is 5.26 Å². The zero-order chi connectivity index (χ0) is 33.2. The predicted octanol–water partition coefficient (Wildman–Crippen LogP) is 4.32. The molecular formula is C35H35FN8O4. The molecule has 0 N–H and O–H groups in total. The van der Waals surface area contributed by atoms with Gasteiger partial charge in [0.2, 0.25) is 5.88 Å². The number of anilines is 1. The molecule has 246 valence electrons. The van der Waals surface area contributed by atoms with Crippen LogP contribution in [0, 0.1) is 17.1 Å². The van der Waals surface area contributed by atoms with E-state index in [2.05, 4.69) is 24.4 Å². The molecule has 0 bridgehead atoms. The van der Waals surface area contributed by atoms with Crippen LogP contribution < -0.4 is 9.64 Å². The highest BCUT2D eigenvalue weighted by Gasteiger charge is 2.27. The lowest BCUT2D eigenvalue weighted by Crippen LogP contribution is -2.46. The molecule has 5 aromatic rings. The number of halogens is 1. The Balaban J connectivity index is 1.08. The van der Waals surface area contributed by atoms with Gasteiger partial charge in [0, 0.05) is 63.2 Å². The van der Waals surface area contributed by atoms with Crippen molar-refractivity contribution in [2.24, 2.45) is 7.05 Å². The number of rotatable bonds is 10. The number of piperazine rings is 1. The predicted molar refractivity (Wildman–Crippen MR) is 175 cm³/mol. The molecule has 0 amide bonds. The van der Waals surface area contributed by atoms with Crippen LogP contribution in [-0.2, 0) is 36.2 Å². The van der Waals surface area contributed by atoms with Crippen LogP contribution in [0.15, 0.2) is 60.8 Å². The fraction of sp³-hybridized carbons (Fsp3) is 0.343. The first kappa shape index (κ1) is 31.3. The summed E-state index contributed by atoms with van der Waals surface area (Å²) in [5.41, 5.74) is 4.23. The SMILES string of the molecule is COC(=O)c1cc(-c2ccn(C)n2)c2nc(CN3CCN(c4cccc(OCc5ccc(C#N)cc5F)n4)CC3)n(CC3CCO3)c2c1. The summed E-state index contributed by atoms with van der Waals surface area (Å²) in [5, 5.41) is 13.6. The van der Waals surface area contributed by atoms with Crippen LogP contribution in [0.1, 0.15) is 33.7 Å². The van der Waals surface area contributed by atoms with E-state index in [-0.39, 0.29) is 18.3 Å². The van der Waals surface area contributed by atoms with E-state index in [1.54, 1.807) is 22.9 Å². The summed E-state index contributed by atoms with van der Waals surface area (Å²) >= 11 is 0. The molecule has 48 heavy (non-hydrogen) atoms. The second kappa shape index (κ2) is 13.4. The molecule has 2 aliphatic rings. The van der Waals surface area contributed by atoms with Gasteiger partial charge in [-0.05, 0) is 42.8 Å². The zero-order valence-electron chi connectivity index (χ0n) is 26.8. The highest BCUT2D eigenvalue weighted by molar-refractivity contribution is 6.00. The van der Waals surface area contributed by atoms with E-state index in [1.165, 1.54) is 13.2 Å². The molecule has 2 fully saturated rings. The van der Waals surface area contributed by atoms with E-state index in [4.69, 9.17) is 24.5 Å². The van der Waals surface area contributed by atoms with Crippen LogP contribution >= 0.6 is 0 Å². The fourth-order valence-corrected chi connectivity index (χ4v) is 6.10. The number of pyridine rings is 1. The second-order valence-corrected chi connectivity index (χ2v) is 12.0. The number of carbonyl (C=O) groups is 1. The number of hydrogen-bond donors (Lipinski definition) is 0. The molecule has 13 heteroatoms. The largest absolute Gasteiger partial charge is 0.473 e. The Kier molecular flexibility index (Phi) is 8.75. The molecule has 2 aliphatic heterocycles. The lowest BCUT2D eigenvalue weighted by atomic mass is 10.1. The van der Waals surface area contributed by atoms with E-state index >= 15 is 0 Å². The van der Waals surface area contributed by atoms with Crippen molar-refractivity contribution in [2.45, 2.75) is 32.2 Å². The quantitative estimate of drug-likeness (QED) is 0.202. The third-order valence-electron chi connectivity index (χ3n) is 8.85. The van der Waals surface area contributed by atoms with Crippen molar-refractivity contribution in [2.75, 3.05) is 44.8 Å². The highest BCUT2D eigenvalue weighted by Crippen LogP contribution is 2.32. The molecule has 5 heterocycles. The number of hydrogen-bond acceptors (Lipinski definition) is 10. The van der Waals surface area contributed by atoms with Gasteiger partial charge < -0.3 is 23.7 Å². The van der Waals surface area contributed by atoms with Crippen molar-refractivity contribution >= 4 is 22.8 Å². The third kappa shape index (κ3) is 6.45. The Morgan fingerprint density at radius 2 is 1.94 bits per heavy atom. The molecule has 7 rings (SSSR count). The minimum absolute atomic E-state index is 0.0117. The Hall–Kier alpha value is -5.32. The van der Waals surface area contributed by atoms with Crippen LogP contribution in [0.4, 0.5) is 10.2 Å². The van der Waals surface area contributed by atoms with Crippen molar-refractivity contribution in [3.8, 4) is 23.2 Å². The van der Waals surface area contributed by atoms with E-state index in [0.717, 1.165) is 73.1 Å². The zero-order valence-corrected chi connectivity index (χ0v) is 26.8. The van der Waals surface area contributed by atoms with Gasteiger partial charge >= 0.3 is 5.97 Å². The van der Waals surface area contributed by atoms with Crippen LogP contribution in [0.25, 0.3) is 22.3 Å². The number of aromatic nitrogens is 5. The van der Waals surface area contributed by atoms with Gasteiger partial charge in [-0.25, -0.2) is 14.2 Å². The average molecular weight is 651 g/mol. The summed E-state index contributed by atoms with van der Waals surface area (Å²) in [6.07, 6.45) is 2.93. The number of benzene rings is 2. The first-order chi connectivity index (χ1) is 23.4. The number of nitrogens with zero attached hydrogens (tertiary/aromatic N) is 8. The molecule has 0 spiro atoms. The minimum atomic E-state index is -0.480. The molecule has 2 aromatic carbocycles. The number of methoxy groups -OCH3 is 1. The summed E-state index contributed by atoms with van der Waals surface area (Å²) in [5.74, 6) is 1.20. The van der Waals surface area contributed by atoms with Crippen molar-refractivity contribution in [3.63, 3.8) is 0 Å². The summed E-state index contributed by atoms with van der Waals surface area (Å²) in [7, 11) is 3.24. The number of nitriles is 1. The van der Waals surface area contributed by atoms with Crippen LogP contribution in [0.5, 0.6) is 5.88 Å². The normalized spacial score (nSPS) is 16.5. The summed E-state index contributed by atoms with van der Waals surface area (Å²) < 4.78 is 35.0. The van der Waals surface area contributed by atoms with Gasteiger partial charge in [0.25, 0.3) is 0 Å². The Labute approximate surface area is 276 Å². The molecular weight excluding hydrogens is 615 g/mol. The molecule has 12 nitrogen and oxygen atoms in total. The lowest BCUT2D eigenvalue weighted by molar-refractivity contribution is -0.0592. The molecule has 3 aromatic heterocycles. The number of aryl methyl sites for hydroxylation is 1. The van der Waals surface area contributed by atoms with Crippen molar-refractivity contribution in [1.82, 2.24) is 29.2 Å². The Morgan fingerprint density at radius 1 is 1.10 bits per heavy atom.